The molecule has 1 saturated heterocycles. The van der Waals surface area contributed by atoms with Crippen molar-refractivity contribution in [3.63, 3.8) is 0 Å². The number of para-hydroxylation sites is 1. The summed E-state index contributed by atoms with van der Waals surface area (Å²) in [7, 11) is 0. The van der Waals surface area contributed by atoms with Crippen molar-refractivity contribution >= 4 is 40.1 Å². The minimum Gasteiger partial charge on any atom is -0.337 e. The Morgan fingerprint density at radius 2 is 1.72 bits per heavy atom. The van der Waals surface area contributed by atoms with E-state index in [9.17, 15) is 9.59 Å². The lowest BCUT2D eigenvalue weighted by Gasteiger charge is -2.24. The van der Waals surface area contributed by atoms with Gasteiger partial charge in [0.1, 0.15) is 0 Å². The number of urea groups is 1. The average molecular weight is 449 g/mol. The zero-order valence-electron chi connectivity index (χ0n) is 17.8. The Hall–Kier alpha value is -3.12. The van der Waals surface area contributed by atoms with Crippen LogP contribution in [0, 0.1) is 0 Å². The van der Waals surface area contributed by atoms with Crippen LogP contribution in [0.3, 0.4) is 0 Å². The molecule has 1 N–H and O–H groups in total. The number of anilines is 1. The summed E-state index contributed by atoms with van der Waals surface area (Å²) in [5.41, 5.74) is 4.52. The molecular weight excluding hydrogens is 424 g/mol. The zero-order valence-corrected chi connectivity index (χ0v) is 18.6. The number of carbonyl (C=O) groups is 2. The average Bonchev–Trinajstić information content (AvgIpc) is 3.11. The van der Waals surface area contributed by atoms with Crippen LogP contribution in [0.4, 0.5) is 10.5 Å². The Labute approximate surface area is 192 Å². The maximum atomic E-state index is 13.7. The van der Waals surface area contributed by atoms with Crippen molar-refractivity contribution in [2.45, 2.75) is 25.7 Å². The fraction of sp³-hybridized carbons (Fsp3) is 0.320. The number of nitrogens with zero attached hydrogens (tertiary/aromatic N) is 3. The molecule has 2 aliphatic rings. The SMILES string of the molecule is O=C(Nc1cccc(Cl)c1)N1CCCN(C(=O)c2c3c(nc4ccccc24)CCC3)CC1. The van der Waals surface area contributed by atoms with E-state index in [1.54, 1.807) is 23.1 Å². The van der Waals surface area contributed by atoms with Crippen LogP contribution in [-0.2, 0) is 12.8 Å². The quantitative estimate of drug-likeness (QED) is 0.614. The number of rotatable bonds is 2. The van der Waals surface area contributed by atoms with Crippen molar-refractivity contribution in [2.75, 3.05) is 31.5 Å². The molecule has 32 heavy (non-hydrogen) atoms. The smallest absolute Gasteiger partial charge is 0.321 e. The number of aromatic nitrogens is 1. The van der Waals surface area contributed by atoms with Crippen molar-refractivity contribution in [1.29, 1.82) is 0 Å². The van der Waals surface area contributed by atoms with Gasteiger partial charge in [0.25, 0.3) is 5.91 Å². The van der Waals surface area contributed by atoms with Gasteiger partial charge < -0.3 is 15.1 Å². The van der Waals surface area contributed by atoms with Crippen LogP contribution in [0.15, 0.2) is 48.5 Å². The van der Waals surface area contributed by atoms with Gasteiger partial charge in [-0.15, -0.1) is 0 Å². The summed E-state index contributed by atoms with van der Waals surface area (Å²) in [6, 6.07) is 14.8. The van der Waals surface area contributed by atoms with Gasteiger partial charge in [-0.05, 0) is 55.5 Å². The number of fused-ring (bicyclic) bond motifs is 2. The number of hydrogen-bond donors (Lipinski definition) is 1. The summed E-state index contributed by atoms with van der Waals surface area (Å²) in [6.07, 6.45) is 3.60. The Kier molecular flexibility index (Phi) is 5.70. The number of pyridine rings is 1. The van der Waals surface area contributed by atoms with Crippen LogP contribution in [0.5, 0.6) is 0 Å². The first kappa shape index (κ1) is 20.8. The highest BCUT2D eigenvalue weighted by Gasteiger charge is 2.28. The molecule has 1 aliphatic carbocycles. The van der Waals surface area contributed by atoms with Gasteiger partial charge >= 0.3 is 6.03 Å². The Morgan fingerprint density at radius 3 is 2.59 bits per heavy atom. The Morgan fingerprint density at radius 1 is 0.906 bits per heavy atom. The Bertz CT molecular complexity index is 1200. The topological polar surface area (TPSA) is 65.5 Å². The van der Waals surface area contributed by atoms with Crippen LogP contribution in [0.25, 0.3) is 10.9 Å². The number of hydrogen-bond acceptors (Lipinski definition) is 3. The van der Waals surface area contributed by atoms with Gasteiger partial charge in [-0.2, -0.15) is 0 Å². The van der Waals surface area contributed by atoms with Gasteiger partial charge in [-0.1, -0.05) is 35.9 Å². The molecule has 0 bridgehead atoms. The Balaban J connectivity index is 1.34. The largest absolute Gasteiger partial charge is 0.337 e. The molecule has 164 valence electrons. The number of amides is 3. The second kappa shape index (κ2) is 8.79. The van der Waals surface area contributed by atoms with Crippen LogP contribution in [0.1, 0.15) is 34.5 Å². The fourth-order valence-electron chi connectivity index (χ4n) is 4.71. The van der Waals surface area contributed by atoms with Gasteiger partial charge in [-0.25, -0.2) is 4.79 Å². The van der Waals surface area contributed by atoms with E-state index in [2.05, 4.69) is 5.32 Å². The third-order valence-corrected chi connectivity index (χ3v) is 6.51. The first-order valence-corrected chi connectivity index (χ1v) is 11.5. The fourth-order valence-corrected chi connectivity index (χ4v) is 4.90. The highest BCUT2D eigenvalue weighted by molar-refractivity contribution is 6.30. The normalized spacial score (nSPS) is 16.0. The van der Waals surface area contributed by atoms with E-state index in [4.69, 9.17) is 16.6 Å². The van der Waals surface area contributed by atoms with Crippen molar-refractivity contribution in [3.05, 3.63) is 70.4 Å². The molecule has 3 amide bonds. The zero-order chi connectivity index (χ0) is 22.1. The van der Waals surface area contributed by atoms with E-state index in [1.807, 2.05) is 35.2 Å². The molecule has 0 radical (unpaired) electrons. The molecule has 0 atom stereocenters. The molecule has 2 heterocycles. The van der Waals surface area contributed by atoms with Gasteiger partial charge in [-0.3, -0.25) is 9.78 Å². The third-order valence-electron chi connectivity index (χ3n) is 6.28. The minimum atomic E-state index is -0.170. The van der Waals surface area contributed by atoms with E-state index < -0.39 is 0 Å². The highest BCUT2D eigenvalue weighted by Crippen LogP contribution is 2.31. The van der Waals surface area contributed by atoms with Gasteiger partial charge in [0.2, 0.25) is 0 Å². The summed E-state index contributed by atoms with van der Waals surface area (Å²) >= 11 is 6.02. The first-order valence-electron chi connectivity index (χ1n) is 11.1. The van der Waals surface area contributed by atoms with Crippen molar-refractivity contribution in [3.8, 4) is 0 Å². The van der Waals surface area contributed by atoms with Gasteiger partial charge in [0.05, 0.1) is 11.1 Å². The molecule has 1 fully saturated rings. The van der Waals surface area contributed by atoms with Gasteiger partial charge in [0, 0.05) is 48.0 Å². The molecular formula is C25H25ClN4O2. The summed E-state index contributed by atoms with van der Waals surface area (Å²) < 4.78 is 0. The maximum Gasteiger partial charge on any atom is 0.321 e. The molecule has 1 aromatic heterocycles. The molecule has 6 nitrogen and oxygen atoms in total. The van der Waals surface area contributed by atoms with E-state index in [0.717, 1.165) is 53.4 Å². The summed E-state index contributed by atoms with van der Waals surface area (Å²) in [6.45, 7) is 2.23. The first-order chi connectivity index (χ1) is 15.6. The van der Waals surface area contributed by atoms with Crippen molar-refractivity contribution < 1.29 is 9.59 Å². The second-order valence-corrected chi connectivity index (χ2v) is 8.79. The molecule has 3 aromatic rings. The lowest BCUT2D eigenvalue weighted by Crippen LogP contribution is -2.39. The maximum absolute atomic E-state index is 13.7. The molecule has 5 rings (SSSR count). The summed E-state index contributed by atoms with van der Waals surface area (Å²) in [4.78, 5) is 34.9. The molecule has 1 aliphatic heterocycles. The van der Waals surface area contributed by atoms with Crippen LogP contribution in [-0.4, -0.2) is 52.9 Å². The number of halogens is 1. The highest BCUT2D eigenvalue weighted by atomic mass is 35.5. The number of carbonyl (C=O) groups excluding carboxylic acids is 2. The van der Waals surface area contributed by atoms with E-state index in [0.29, 0.717) is 36.9 Å². The summed E-state index contributed by atoms with van der Waals surface area (Å²) in [5.74, 6) is 0.0545. The van der Waals surface area contributed by atoms with E-state index in [-0.39, 0.29) is 11.9 Å². The third kappa shape index (κ3) is 4.02. The van der Waals surface area contributed by atoms with Crippen molar-refractivity contribution in [2.24, 2.45) is 0 Å². The molecule has 7 heteroatoms. The lowest BCUT2D eigenvalue weighted by molar-refractivity contribution is 0.0763. The molecule has 0 spiro atoms. The molecule has 0 saturated carbocycles. The predicted octanol–water partition coefficient (Wildman–Crippen LogP) is 4.76. The van der Waals surface area contributed by atoms with Crippen LogP contribution < -0.4 is 5.32 Å². The monoisotopic (exact) mass is 448 g/mol. The molecule has 0 unspecified atom stereocenters. The number of nitrogens with one attached hydrogen (secondary N) is 1. The van der Waals surface area contributed by atoms with E-state index >= 15 is 0 Å². The predicted molar refractivity (Wildman–Crippen MR) is 126 cm³/mol. The number of benzene rings is 2. The van der Waals surface area contributed by atoms with Crippen molar-refractivity contribution in [1.82, 2.24) is 14.8 Å². The van der Waals surface area contributed by atoms with Gasteiger partial charge in [0.15, 0.2) is 0 Å². The van der Waals surface area contributed by atoms with Crippen LogP contribution in [0.2, 0.25) is 5.02 Å². The second-order valence-electron chi connectivity index (χ2n) is 8.36. The summed E-state index contributed by atoms with van der Waals surface area (Å²) in [5, 5.41) is 4.41. The van der Waals surface area contributed by atoms with E-state index in [1.165, 1.54) is 0 Å². The minimum absolute atomic E-state index is 0.0545. The lowest BCUT2D eigenvalue weighted by atomic mass is 10.00. The standard InChI is InChI=1S/C25H25ClN4O2/c26-17-6-3-7-18(16-17)27-25(32)30-13-5-12-29(14-15-30)24(31)23-19-8-1-2-10-21(19)28-22-11-4-9-20(22)23/h1-3,6-8,10,16H,4-5,9,11-15H2,(H,27,32). The number of aryl methyl sites for hydroxylation is 1. The van der Waals surface area contributed by atoms with Crippen LogP contribution >= 0.6 is 11.6 Å². The molecule has 2 aromatic carbocycles.